The fourth-order valence-electron chi connectivity index (χ4n) is 1.99. The summed E-state index contributed by atoms with van der Waals surface area (Å²) in [6, 6.07) is 8.36. The van der Waals surface area contributed by atoms with Crippen molar-refractivity contribution in [1.29, 1.82) is 0 Å². The van der Waals surface area contributed by atoms with Gasteiger partial charge in [-0.2, -0.15) is 4.98 Å². The summed E-state index contributed by atoms with van der Waals surface area (Å²) in [7, 11) is 0. The lowest BCUT2D eigenvalue weighted by molar-refractivity contribution is 0.305. The normalized spacial score (nSPS) is 10.4. The Morgan fingerprint density at radius 1 is 1.23 bits per heavy atom. The molecule has 3 N–H and O–H groups in total. The highest BCUT2D eigenvalue weighted by molar-refractivity contribution is 5.54. The van der Waals surface area contributed by atoms with E-state index in [0.29, 0.717) is 6.61 Å². The molecule has 2 aromatic rings. The predicted octanol–water partition coefficient (Wildman–Crippen LogP) is 3.18. The molecule has 1 aromatic carbocycles. The molecule has 0 amide bonds. The molecule has 22 heavy (non-hydrogen) atoms. The van der Waals surface area contributed by atoms with Crippen LogP contribution in [0.2, 0.25) is 0 Å². The molecule has 0 unspecified atom stereocenters. The smallest absolute Gasteiger partial charge is 0.256 e. The van der Waals surface area contributed by atoms with Crippen LogP contribution in [-0.4, -0.2) is 21.7 Å². The standard InChI is InChI=1S/C16H21N3O3/c1-2-3-4-5-10-22-13-8-6-12(7-9-13)17-16-18-14(20)11-15(21)19-16/h6-9,11H,2-5,10H2,1H3,(H3,17,18,19,20,21). The van der Waals surface area contributed by atoms with Crippen LogP contribution in [0.3, 0.4) is 0 Å². The second-order valence-corrected chi connectivity index (χ2v) is 5.01. The Kier molecular flexibility index (Phi) is 5.82. The van der Waals surface area contributed by atoms with E-state index in [1.807, 2.05) is 24.3 Å². The molecule has 0 aliphatic heterocycles. The first-order chi connectivity index (χ1) is 10.7. The maximum atomic E-state index is 11.2. The van der Waals surface area contributed by atoms with Crippen LogP contribution in [0.5, 0.6) is 11.6 Å². The van der Waals surface area contributed by atoms with Crippen molar-refractivity contribution in [3.8, 4) is 11.6 Å². The highest BCUT2D eigenvalue weighted by atomic mass is 16.5. The number of benzene rings is 1. The van der Waals surface area contributed by atoms with Gasteiger partial charge in [-0.1, -0.05) is 26.2 Å². The number of unbranched alkanes of at least 4 members (excludes halogenated alkanes) is 3. The number of anilines is 2. The number of aromatic amines is 1. The van der Waals surface area contributed by atoms with E-state index < -0.39 is 5.56 Å². The topological polar surface area (TPSA) is 87.2 Å². The molecule has 0 aliphatic rings. The number of hydrogen-bond donors (Lipinski definition) is 3. The Balaban J connectivity index is 1.87. The van der Waals surface area contributed by atoms with Crippen LogP contribution in [0, 0.1) is 0 Å². The minimum absolute atomic E-state index is 0.193. The average Bonchev–Trinajstić information content (AvgIpc) is 2.48. The molecule has 0 aliphatic carbocycles. The van der Waals surface area contributed by atoms with Gasteiger partial charge in [-0.05, 0) is 30.7 Å². The predicted molar refractivity (Wildman–Crippen MR) is 85.9 cm³/mol. The van der Waals surface area contributed by atoms with E-state index in [1.54, 1.807) is 0 Å². The molecule has 0 saturated carbocycles. The fraction of sp³-hybridized carbons (Fsp3) is 0.375. The first kappa shape index (κ1) is 15.9. The molecule has 0 fully saturated rings. The van der Waals surface area contributed by atoms with Crippen molar-refractivity contribution in [3.63, 3.8) is 0 Å². The monoisotopic (exact) mass is 303 g/mol. The highest BCUT2D eigenvalue weighted by Gasteiger charge is 2.01. The van der Waals surface area contributed by atoms with Crippen molar-refractivity contribution in [3.05, 3.63) is 40.7 Å². The number of H-pyrrole nitrogens is 1. The molecule has 2 rings (SSSR count). The maximum Gasteiger partial charge on any atom is 0.256 e. The number of aromatic hydroxyl groups is 1. The van der Waals surface area contributed by atoms with E-state index in [1.165, 1.54) is 19.3 Å². The van der Waals surface area contributed by atoms with Crippen LogP contribution in [0.15, 0.2) is 35.1 Å². The van der Waals surface area contributed by atoms with Gasteiger partial charge in [0, 0.05) is 5.69 Å². The minimum atomic E-state index is -0.415. The van der Waals surface area contributed by atoms with E-state index in [-0.39, 0.29) is 11.8 Å². The lowest BCUT2D eigenvalue weighted by atomic mass is 10.2. The first-order valence-corrected chi connectivity index (χ1v) is 7.47. The van der Waals surface area contributed by atoms with Gasteiger partial charge in [0.1, 0.15) is 5.75 Å². The lowest BCUT2D eigenvalue weighted by Gasteiger charge is -2.08. The second-order valence-electron chi connectivity index (χ2n) is 5.01. The van der Waals surface area contributed by atoms with Crippen molar-refractivity contribution >= 4 is 11.6 Å². The van der Waals surface area contributed by atoms with E-state index in [9.17, 15) is 9.90 Å². The second kappa shape index (κ2) is 8.07. The summed E-state index contributed by atoms with van der Waals surface area (Å²) in [4.78, 5) is 17.5. The number of aromatic nitrogens is 2. The van der Waals surface area contributed by atoms with Crippen molar-refractivity contribution < 1.29 is 9.84 Å². The number of nitrogens with zero attached hydrogens (tertiary/aromatic N) is 1. The Hall–Kier alpha value is -2.50. The summed E-state index contributed by atoms with van der Waals surface area (Å²) in [6.07, 6.45) is 4.70. The van der Waals surface area contributed by atoms with Crippen molar-refractivity contribution in [2.75, 3.05) is 11.9 Å². The van der Waals surface area contributed by atoms with Crippen LogP contribution in [0.4, 0.5) is 11.6 Å². The number of nitrogens with one attached hydrogen (secondary N) is 2. The molecule has 1 aromatic heterocycles. The van der Waals surface area contributed by atoms with Gasteiger partial charge in [0.15, 0.2) is 0 Å². The van der Waals surface area contributed by atoms with Gasteiger partial charge >= 0.3 is 0 Å². The molecule has 0 bridgehead atoms. The third-order valence-corrected chi connectivity index (χ3v) is 3.11. The van der Waals surface area contributed by atoms with Crippen LogP contribution in [-0.2, 0) is 0 Å². The molecule has 0 saturated heterocycles. The van der Waals surface area contributed by atoms with Crippen LogP contribution in [0.1, 0.15) is 32.6 Å². The molecule has 1 heterocycles. The summed E-state index contributed by atoms with van der Waals surface area (Å²) < 4.78 is 5.65. The van der Waals surface area contributed by atoms with Crippen LogP contribution >= 0.6 is 0 Å². The Bertz CT molecular complexity index is 638. The molecule has 0 spiro atoms. The van der Waals surface area contributed by atoms with Crippen LogP contribution < -0.4 is 15.6 Å². The zero-order chi connectivity index (χ0) is 15.8. The van der Waals surface area contributed by atoms with Gasteiger partial charge in [-0.15, -0.1) is 0 Å². The van der Waals surface area contributed by atoms with E-state index in [4.69, 9.17) is 4.74 Å². The van der Waals surface area contributed by atoms with Gasteiger partial charge in [-0.25, -0.2) is 0 Å². The third kappa shape index (κ3) is 5.12. The summed E-state index contributed by atoms with van der Waals surface area (Å²) in [5.74, 6) is 0.677. The number of ether oxygens (including phenoxy) is 1. The fourth-order valence-corrected chi connectivity index (χ4v) is 1.99. The van der Waals surface area contributed by atoms with Gasteiger partial charge in [-0.3, -0.25) is 9.78 Å². The van der Waals surface area contributed by atoms with Crippen molar-refractivity contribution in [2.24, 2.45) is 0 Å². The number of hydrogen-bond acceptors (Lipinski definition) is 5. The van der Waals surface area contributed by atoms with Gasteiger partial charge in [0.25, 0.3) is 5.56 Å². The maximum absolute atomic E-state index is 11.2. The summed E-state index contributed by atoms with van der Waals surface area (Å²) in [5.41, 5.74) is 0.328. The summed E-state index contributed by atoms with van der Waals surface area (Å²) in [6.45, 7) is 2.90. The molecule has 6 heteroatoms. The zero-order valence-electron chi connectivity index (χ0n) is 12.6. The highest BCUT2D eigenvalue weighted by Crippen LogP contribution is 2.18. The first-order valence-electron chi connectivity index (χ1n) is 7.47. The SMILES string of the molecule is CCCCCCOc1ccc(Nc2nc(O)cc(=O)[nH]2)cc1. The molecule has 0 radical (unpaired) electrons. The zero-order valence-corrected chi connectivity index (χ0v) is 12.6. The van der Waals surface area contributed by atoms with Gasteiger partial charge in [0.05, 0.1) is 12.7 Å². The summed E-state index contributed by atoms with van der Waals surface area (Å²) in [5, 5.41) is 12.2. The Morgan fingerprint density at radius 3 is 2.68 bits per heavy atom. The minimum Gasteiger partial charge on any atom is -0.494 e. The molecule has 6 nitrogen and oxygen atoms in total. The third-order valence-electron chi connectivity index (χ3n) is 3.11. The molecule has 0 atom stereocenters. The van der Waals surface area contributed by atoms with Crippen LogP contribution in [0.25, 0.3) is 0 Å². The molecular weight excluding hydrogens is 282 g/mol. The molecule has 118 valence electrons. The Morgan fingerprint density at radius 2 is 2.00 bits per heavy atom. The Labute approximate surface area is 129 Å². The quantitative estimate of drug-likeness (QED) is 0.652. The van der Waals surface area contributed by atoms with Gasteiger partial charge in [0.2, 0.25) is 11.8 Å². The van der Waals surface area contributed by atoms with Crippen molar-refractivity contribution in [1.82, 2.24) is 9.97 Å². The van der Waals surface area contributed by atoms with E-state index in [2.05, 4.69) is 22.2 Å². The van der Waals surface area contributed by atoms with Crippen molar-refractivity contribution in [2.45, 2.75) is 32.6 Å². The van der Waals surface area contributed by atoms with Gasteiger partial charge < -0.3 is 15.2 Å². The molecular formula is C16H21N3O3. The average molecular weight is 303 g/mol. The summed E-state index contributed by atoms with van der Waals surface area (Å²) >= 11 is 0. The van der Waals surface area contributed by atoms with E-state index >= 15 is 0 Å². The van der Waals surface area contributed by atoms with E-state index in [0.717, 1.165) is 23.9 Å². The number of rotatable bonds is 8. The largest absolute Gasteiger partial charge is 0.494 e. The lowest BCUT2D eigenvalue weighted by Crippen LogP contribution is -2.08.